The maximum atomic E-state index is 5.97. The summed E-state index contributed by atoms with van der Waals surface area (Å²) in [4.78, 5) is 5.80. The number of hydrogen-bond acceptors (Lipinski definition) is 4. The van der Waals surface area contributed by atoms with Crippen molar-refractivity contribution in [2.45, 2.75) is 24.3 Å². The van der Waals surface area contributed by atoms with Crippen LogP contribution in [0.3, 0.4) is 0 Å². The third kappa shape index (κ3) is 2.67. The van der Waals surface area contributed by atoms with E-state index < -0.39 is 0 Å². The smallest absolute Gasteiger partial charge is 0.142 e. The fourth-order valence-corrected chi connectivity index (χ4v) is 3.67. The van der Waals surface area contributed by atoms with Crippen LogP contribution in [-0.4, -0.2) is 17.3 Å². The molecule has 1 aromatic carbocycles. The number of ether oxygens (including phenoxy) is 1. The van der Waals surface area contributed by atoms with Gasteiger partial charge in [0.25, 0.3) is 0 Å². The van der Waals surface area contributed by atoms with Crippen LogP contribution < -0.4 is 10.5 Å². The molecule has 4 heteroatoms. The van der Waals surface area contributed by atoms with Crippen LogP contribution in [0.4, 0.5) is 0 Å². The Morgan fingerprint density at radius 1 is 1.30 bits per heavy atom. The van der Waals surface area contributed by atoms with Crippen LogP contribution in [0, 0.1) is 6.92 Å². The van der Waals surface area contributed by atoms with Crippen molar-refractivity contribution in [1.82, 2.24) is 4.98 Å². The van der Waals surface area contributed by atoms with Gasteiger partial charge < -0.3 is 10.5 Å². The second-order valence-corrected chi connectivity index (χ2v) is 6.02. The Hall–Kier alpha value is -1.52. The Morgan fingerprint density at radius 3 is 3.00 bits per heavy atom. The third-order valence-electron chi connectivity index (χ3n) is 3.50. The molecule has 2 heterocycles. The first-order chi connectivity index (χ1) is 9.78. The lowest BCUT2D eigenvalue weighted by Crippen LogP contribution is -2.12. The second-order valence-electron chi connectivity index (χ2n) is 4.96. The molecule has 1 unspecified atom stereocenters. The Bertz CT molecular complexity index is 615. The highest BCUT2D eigenvalue weighted by molar-refractivity contribution is 7.99. The predicted octanol–water partition coefficient (Wildman–Crippen LogP) is 3.12. The summed E-state index contributed by atoms with van der Waals surface area (Å²) in [6, 6.07) is 12.5. The van der Waals surface area contributed by atoms with Gasteiger partial charge >= 0.3 is 0 Å². The average molecular weight is 286 g/mol. The summed E-state index contributed by atoms with van der Waals surface area (Å²) in [6.07, 6.45) is 0. The fraction of sp³-hybridized carbons (Fsp3) is 0.312. The molecule has 104 valence electrons. The molecule has 0 amide bonds. The number of fused-ring (bicyclic) bond motifs is 1. The standard InChI is InChI=1S/C16H18N2OS/c1-11-6-7-15(14(8-17)18-11)19-9-12-10-20-16-5-3-2-4-13(12)16/h2-7,12H,8-10,17H2,1H3. The minimum absolute atomic E-state index is 0.410. The number of aromatic nitrogens is 1. The van der Waals surface area contributed by atoms with Gasteiger partial charge in [-0.05, 0) is 30.7 Å². The first-order valence-corrected chi connectivity index (χ1v) is 7.77. The zero-order valence-electron chi connectivity index (χ0n) is 11.5. The Kier molecular flexibility index (Phi) is 3.94. The van der Waals surface area contributed by atoms with Crippen molar-refractivity contribution in [1.29, 1.82) is 0 Å². The van der Waals surface area contributed by atoms with Gasteiger partial charge in [0.05, 0.1) is 12.3 Å². The van der Waals surface area contributed by atoms with Crippen molar-refractivity contribution in [2.24, 2.45) is 5.73 Å². The number of hydrogen-bond donors (Lipinski definition) is 1. The van der Waals surface area contributed by atoms with E-state index in [9.17, 15) is 0 Å². The fourth-order valence-electron chi connectivity index (χ4n) is 2.43. The Morgan fingerprint density at radius 2 is 2.15 bits per heavy atom. The molecule has 1 aromatic heterocycles. The molecule has 3 rings (SSSR count). The van der Waals surface area contributed by atoms with Crippen LogP contribution in [-0.2, 0) is 6.54 Å². The molecule has 3 nitrogen and oxygen atoms in total. The van der Waals surface area contributed by atoms with Crippen LogP contribution in [0.2, 0.25) is 0 Å². The molecule has 0 aliphatic carbocycles. The number of nitrogens with zero attached hydrogens (tertiary/aromatic N) is 1. The Balaban J connectivity index is 1.72. The molecule has 0 saturated heterocycles. The molecule has 20 heavy (non-hydrogen) atoms. The van der Waals surface area contributed by atoms with Gasteiger partial charge in [-0.2, -0.15) is 0 Å². The quantitative estimate of drug-likeness (QED) is 0.938. The maximum absolute atomic E-state index is 5.97. The lowest BCUT2D eigenvalue weighted by molar-refractivity contribution is 0.293. The summed E-state index contributed by atoms with van der Waals surface area (Å²) in [5.41, 5.74) is 8.94. The Labute approximate surface area is 123 Å². The van der Waals surface area contributed by atoms with E-state index in [1.165, 1.54) is 10.5 Å². The van der Waals surface area contributed by atoms with E-state index in [0.717, 1.165) is 22.9 Å². The van der Waals surface area contributed by atoms with Crippen molar-refractivity contribution >= 4 is 11.8 Å². The first kappa shape index (κ1) is 13.5. The van der Waals surface area contributed by atoms with Crippen molar-refractivity contribution in [3.63, 3.8) is 0 Å². The molecule has 1 aliphatic heterocycles. The van der Waals surface area contributed by atoms with Gasteiger partial charge in [0.2, 0.25) is 0 Å². The highest BCUT2D eigenvalue weighted by Crippen LogP contribution is 2.39. The second kappa shape index (κ2) is 5.85. The number of pyridine rings is 1. The summed E-state index contributed by atoms with van der Waals surface area (Å²) in [6.45, 7) is 3.06. The lowest BCUT2D eigenvalue weighted by Gasteiger charge is -2.14. The number of benzene rings is 1. The monoisotopic (exact) mass is 286 g/mol. The lowest BCUT2D eigenvalue weighted by atomic mass is 10.0. The van der Waals surface area contributed by atoms with Gasteiger partial charge in [-0.1, -0.05) is 18.2 Å². The van der Waals surface area contributed by atoms with Crippen LogP contribution in [0.1, 0.15) is 22.9 Å². The summed E-state index contributed by atoms with van der Waals surface area (Å²) in [5.74, 6) is 2.34. The zero-order chi connectivity index (χ0) is 13.9. The summed E-state index contributed by atoms with van der Waals surface area (Å²) in [7, 11) is 0. The average Bonchev–Trinajstić information content (AvgIpc) is 2.89. The van der Waals surface area contributed by atoms with Gasteiger partial charge in [0, 0.05) is 28.8 Å². The van der Waals surface area contributed by atoms with E-state index in [4.69, 9.17) is 10.5 Å². The van der Waals surface area contributed by atoms with Crippen molar-refractivity contribution in [3.8, 4) is 5.75 Å². The largest absolute Gasteiger partial charge is 0.491 e. The van der Waals surface area contributed by atoms with Crippen molar-refractivity contribution in [3.05, 3.63) is 53.3 Å². The topological polar surface area (TPSA) is 48.1 Å². The van der Waals surface area contributed by atoms with Gasteiger partial charge in [-0.25, -0.2) is 0 Å². The molecule has 2 aromatic rings. The van der Waals surface area contributed by atoms with Crippen LogP contribution in [0.25, 0.3) is 0 Å². The minimum atomic E-state index is 0.410. The number of thioether (sulfide) groups is 1. The van der Waals surface area contributed by atoms with Crippen molar-refractivity contribution in [2.75, 3.05) is 12.4 Å². The molecule has 1 atom stereocenters. The van der Waals surface area contributed by atoms with Crippen LogP contribution >= 0.6 is 11.8 Å². The van der Waals surface area contributed by atoms with Gasteiger partial charge in [0.15, 0.2) is 0 Å². The summed E-state index contributed by atoms with van der Waals surface area (Å²) < 4.78 is 5.97. The van der Waals surface area contributed by atoms with E-state index in [1.807, 2.05) is 30.8 Å². The minimum Gasteiger partial charge on any atom is -0.491 e. The van der Waals surface area contributed by atoms with Crippen LogP contribution in [0.5, 0.6) is 5.75 Å². The van der Waals surface area contributed by atoms with E-state index in [-0.39, 0.29) is 0 Å². The molecule has 2 N–H and O–H groups in total. The number of nitrogens with two attached hydrogens (primary N) is 1. The van der Waals surface area contributed by atoms with Gasteiger partial charge in [0.1, 0.15) is 5.75 Å². The van der Waals surface area contributed by atoms with Gasteiger partial charge in [-0.15, -0.1) is 11.8 Å². The summed E-state index contributed by atoms with van der Waals surface area (Å²) >= 11 is 1.90. The molecule has 0 radical (unpaired) electrons. The van der Waals surface area contributed by atoms with Gasteiger partial charge in [-0.3, -0.25) is 4.98 Å². The highest BCUT2D eigenvalue weighted by atomic mass is 32.2. The highest BCUT2D eigenvalue weighted by Gasteiger charge is 2.23. The molecule has 0 fully saturated rings. The first-order valence-electron chi connectivity index (χ1n) is 6.79. The molecular formula is C16H18N2OS. The van der Waals surface area contributed by atoms with Crippen molar-refractivity contribution < 1.29 is 4.74 Å². The van der Waals surface area contributed by atoms with E-state index in [2.05, 4.69) is 29.2 Å². The molecular weight excluding hydrogens is 268 g/mol. The zero-order valence-corrected chi connectivity index (χ0v) is 12.3. The maximum Gasteiger partial charge on any atom is 0.142 e. The normalized spacial score (nSPS) is 17.0. The molecule has 0 bridgehead atoms. The van der Waals surface area contributed by atoms with E-state index >= 15 is 0 Å². The molecule has 0 saturated carbocycles. The molecule has 0 spiro atoms. The van der Waals surface area contributed by atoms with Crippen LogP contribution in [0.15, 0.2) is 41.3 Å². The number of aryl methyl sites for hydroxylation is 1. The van der Waals surface area contributed by atoms with E-state index in [0.29, 0.717) is 19.1 Å². The van der Waals surface area contributed by atoms with E-state index in [1.54, 1.807) is 0 Å². The third-order valence-corrected chi connectivity index (χ3v) is 4.76. The summed E-state index contributed by atoms with van der Waals surface area (Å²) in [5, 5.41) is 0. The SMILES string of the molecule is Cc1ccc(OCC2CSc3ccccc32)c(CN)n1. The number of rotatable bonds is 4. The predicted molar refractivity (Wildman–Crippen MR) is 82.3 cm³/mol. The molecule has 1 aliphatic rings.